The second kappa shape index (κ2) is 5.74. The summed E-state index contributed by atoms with van der Waals surface area (Å²) in [5, 5.41) is 4.67. The van der Waals surface area contributed by atoms with Crippen LogP contribution in [-0.2, 0) is 13.0 Å². The van der Waals surface area contributed by atoms with Gasteiger partial charge in [0.2, 0.25) is 0 Å². The van der Waals surface area contributed by atoms with Crippen molar-refractivity contribution < 1.29 is 0 Å². The molecule has 0 saturated carbocycles. The van der Waals surface area contributed by atoms with Crippen molar-refractivity contribution >= 4 is 16.6 Å². The summed E-state index contributed by atoms with van der Waals surface area (Å²) in [5.74, 6) is 0. The van der Waals surface area contributed by atoms with Crippen molar-refractivity contribution in [2.75, 3.05) is 5.32 Å². The third-order valence-electron chi connectivity index (χ3n) is 3.50. The van der Waals surface area contributed by atoms with Crippen LogP contribution in [0.2, 0.25) is 0 Å². The number of anilines is 1. The molecule has 3 aromatic rings. The lowest BCUT2D eigenvalue weighted by atomic mass is 10.1. The maximum absolute atomic E-state index is 4.34. The Morgan fingerprint density at radius 1 is 0.950 bits per heavy atom. The normalized spacial score (nSPS) is 10.7. The maximum atomic E-state index is 4.34. The van der Waals surface area contributed by atoms with Crippen LogP contribution in [0.3, 0.4) is 0 Å². The van der Waals surface area contributed by atoms with E-state index in [1.807, 2.05) is 12.3 Å². The molecule has 0 aliphatic heterocycles. The molecule has 0 amide bonds. The summed E-state index contributed by atoms with van der Waals surface area (Å²) in [6.45, 7) is 3.01. The fourth-order valence-electron chi connectivity index (χ4n) is 2.34. The number of hydrogen-bond acceptors (Lipinski definition) is 2. The van der Waals surface area contributed by atoms with Crippen molar-refractivity contribution in [3.8, 4) is 0 Å². The summed E-state index contributed by atoms with van der Waals surface area (Å²) >= 11 is 0. The molecule has 3 rings (SSSR count). The largest absolute Gasteiger partial charge is 0.381 e. The van der Waals surface area contributed by atoms with Gasteiger partial charge >= 0.3 is 0 Å². The molecule has 0 unspecified atom stereocenters. The summed E-state index contributed by atoms with van der Waals surface area (Å²) in [5.41, 5.74) is 4.85. The van der Waals surface area contributed by atoms with Crippen LogP contribution in [0, 0.1) is 0 Å². The van der Waals surface area contributed by atoms with E-state index in [1.54, 1.807) is 0 Å². The van der Waals surface area contributed by atoms with Crippen LogP contribution in [0.15, 0.2) is 60.8 Å². The lowest BCUT2D eigenvalue weighted by Gasteiger charge is -2.08. The van der Waals surface area contributed by atoms with E-state index in [0.717, 1.165) is 18.5 Å². The van der Waals surface area contributed by atoms with E-state index in [2.05, 4.69) is 65.8 Å². The Labute approximate surface area is 119 Å². The summed E-state index contributed by atoms with van der Waals surface area (Å²) in [4.78, 5) is 4.34. The Balaban J connectivity index is 1.76. The van der Waals surface area contributed by atoms with Gasteiger partial charge in [0.1, 0.15) is 0 Å². The molecular formula is C18H18N2. The summed E-state index contributed by atoms with van der Waals surface area (Å²) in [6.07, 6.45) is 2.90. The second-order valence-electron chi connectivity index (χ2n) is 4.94. The molecule has 0 bridgehead atoms. The van der Waals surface area contributed by atoms with Gasteiger partial charge in [0.05, 0.1) is 5.52 Å². The first-order valence-electron chi connectivity index (χ1n) is 7.01. The molecule has 1 aromatic heterocycles. The minimum absolute atomic E-state index is 0.831. The van der Waals surface area contributed by atoms with E-state index in [1.165, 1.54) is 22.2 Å². The van der Waals surface area contributed by atoms with Crippen LogP contribution in [0.25, 0.3) is 10.9 Å². The molecule has 0 fully saturated rings. The number of fused-ring (bicyclic) bond motifs is 1. The predicted molar refractivity (Wildman–Crippen MR) is 84.9 cm³/mol. The second-order valence-corrected chi connectivity index (χ2v) is 4.94. The number of pyridine rings is 1. The molecule has 0 saturated heterocycles. The molecular weight excluding hydrogens is 244 g/mol. The Morgan fingerprint density at radius 3 is 2.80 bits per heavy atom. The highest BCUT2D eigenvalue weighted by molar-refractivity contribution is 5.78. The maximum Gasteiger partial charge on any atom is 0.0702 e. The molecule has 100 valence electrons. The highest BCUT2D eigenvalue weighted by Crippen LogP contribution is 2.16. The average Bonchev–Trinajstić information content (AvgIpc) is 2.53. The van der Waals surface area contributed by atoms with Crippen molar-refractivity contribution in [2.24, 2.45) is 0 Å². The summed E-state index contributed by atoms with van der Waals surface area (Å²) in [7, 11) is 0. The third kappa shape index (κ3) is 2.80. The predicted octanol–water partition coefficient (Wildman–Crippen LogP) is 4.41. The smallest absolute Gasteiger partial charge is 0.0702 e. The minimum Gasteiger partial charge on any atom is -0.381 e. The number of aryl methyl sites for hydroxylation is 1. The van der Waals surface area contributed by atoms with E-state index in [9.17, 15) is 0 Å². The first-order valence-corrected chi connectivity index (χ1v) is 7.01. The molecule has 2 nitrogen and oxygen atoms in total. The number of rotatable bonds is 4. The fourth-order valence-corrected chi connectivity index (χ4v) is 2.34. The van der Waals surface area contributed by atoms with Crippen molar-refractivity contribution in [1.82, 2.24) is 4.98 Å². The van der Waals surface area contributed by atoms with Crippen LogP contribution in [0.4, 0.5) is 5.69 Å². The molecule has 1 heterocycles. The van der Waals surface area contributed by atoms with Gasteiger partial charge in [-0.1, -0.05) is 31.2 Å². The van der Waals surface area contributed by atoms with Gasteiger partial charge in [-0.15, -0.1) is 0 Å². The van der Waals surface area contributed by atoms with Gasteiger partial charge in [0, 0.05) is 23.8 Å². The zero-order chi connectivity index (χ0) is 13.8. The quantitative estimate of drug-likeness (QED) is 0.753. The standard InChI is InChI=1S/C18H18N2/c1-2-14-5-3-7-17(12-14)20-13-15-8-9-18-16(11-15)6-4-10-19-18/h3-12,20H,2,13H2,1H3. The lowest BCUT2D eigenvalue weighted by Crippen LogP contribution is -1.99. The van der Waals surface area contributed by atoms with Crippen molar-refractivity contribution in [3.63, 3.8) is 0 Å². The van der Waals surface area contributed by atoms with E-state index in [4.69, 9.17) is 0 Å². The van der Waals surface area contributed by atoms with Gasteiger partial charge in [0.25, 0.3) is 0 Å². The minimum atomic E-state index is 0.831. The van der Waals surface area contributed by atoms with E-state index < -0.39 is 0 Å². The van der Waals surface area contributed by atoms with Gasteiger partial charge in [0.15, 0.2) is 0 Å². The molecule has 20 heavy (non-hydrogen) atoms. The van der Waals surface area contributed by atoms with Gasteiger partial charge in [-0.3, -0.25) is 4.98 Å². The first-order chi connectivity index (χ1) is 9.85. The van der Waals surface area contributed by atoms with Crippen molar-refractivity contribution in [1.29, 1.82) is 0 Å². The SMILES string of the molecule is CCc1cccc(NCc2ccc3ncccc3c2)c1. The molecule has 1 N–H and O–H groups in total. The molecule has 0 aliphatic rings. The molecule has 0 atom stereocenters. The van der Waals surface area contributed by atoms with Gasteiger partial charge < -0.3 is 5.32 Å². The molecule has 2 heteroatoms. The number of benzene rings is 2. The number of aromatic nitrogens is 1. The zero-order valence-corrected chi connectivity index (χ0v) is 11.6. The van der Waals surface area contributed by atoms with Gasteiger partial charge in [-0.05, 0) is 47.9 Å². The van der Waals surface area contributed by atoms with Gasteiger partial charge in [-0.25, -0.2) is 0 Å². The summed E-state index contributed by atoms with van der Waals surface area (Å²) < 4.78 is 0. The zero-order valence-electron chi connectivity index (χ0n) is 11.6. The van der Waals surface area contributed by atoms with Crippen LogP contribution < -0.4 is 5.32 Å². The molecule has 0 spiro atoms. The Hall–Kier alpha value is -2.35. The summed E-state index contributed by atoms with van der Waals surface area (Å²) in [6, 6.07) is 19.1. The van der Waals surface area contributed by atoms with E-state index in [0.29, 0.717) is 0 Å². The molecule has 0 radical (unpaired) electrons. The lowest BCUT2D eigenvalue weighted by molar-refractivity contribution is 1.12. The average molecular weight is 262 g/mol. The fraction of sp³-hybridized carbons (Fsp3) is 0.167. The number of hydrogen-bond donors (Lipinski definition) is 1. The highest BCUT2D eigenvalue weighted by atomic mass is 14.9. The molecule has 2 aromatic carbocycles. The Kier molecular flexibility index (Phi) is 3.64. The van der Waals surface area contributed by atoms with Gasteiger partial charge in [-0.2, -0.15) is 0 Å². The van der Waals surface area contributed by atoms with E-state index >= 15 is 0 Å². The monoisotopic (exact) mass is 262 g/mol. The van der Waals surface area contributed by atoms with Crippen LogP contribution in [-0.4, -0.2) is 4.98 Å². The van der Waals surface area contributed by atoms with Crippen LogP contribution in [0.1, 0.15) is 18.1 Å². The Bertz CT molecular complexity index is 719. The Morgan fingerprint density at radius 2 is 1.90 bits per heavy atom. The first kappa shape index (κ1) is 12.7. The van der Waals surface area contributed by atoms with Crippen molar-refractivity contribution in [3.05, 3.63) is 71.9 Å². The van der Waals surface area contributed by atoms with E-state index in [-0.39, 0.29) is 0 Å². The van der Waals surface area contributed by atoms with Crippen LogP contribution in [0.5, 0.6) is 0 Å². The topological polar surface area (TPSA) is 24.9 Å². The highest BCUT2D eigenvalue weighted by Gasteiger charge is 1.98. The van der Waals surface area contributed by atoms with Crippen LogP contribution >= 0.6 is 0 Å². The third-order valence-corrected chi connectivity index (χ3v) is 3.50. The number of nitrogens with one attached hydrogen (secondary N) is 1. The molecule has 0 aliphatic carbocycles. The van der Waals surface area contributed by atoms with Crippen molar-refractivity contribution in [2.45, 2.75) is 19.9 Å². The number of nitrogens with zero attached hydrogens (tertiary/aromatic N) is 1.